The van der Waals surface area contributed by atoms with Crippen LogP contribution in [0.25, 0.3) is 0 Å². The van der Waals surface area contributed by atoms with E-state index in [1.165, 1.54) is 11.8 Å². The number of methoxy groups -OCH3 is 1. The molecule has 1 aromatic heterocycles. The Labute approximate surface area is 139 Å². The number of carbonyl (C=O) groups is 1. The third-order valence-corrected chi connectivity index (χ3v) is 4.20. The van der Waals surface area contributed by atoms with Gasteiger partial charge in [0.15, 0.2) is 11.0 Å². The van der Waals surface area contributed by atoms with Gasteiger partial charge in [0, 0.05) is 6.54 Å². The quantitative estimate of drug-likeness (QED) is 0.716. The van der Waals surface area contributed by atoms with Gasteiger partial charge in [-0.15, -0.1) is 10.2 Å². The van der Waals surface area contributed by atoms with Gasteiger partial charge in [0.25, 0.3) is 0 Å². The fourth-order valence-corrected chi connectivity index (χ4v) is 2.94. The van der Waals surface area contributed by atoms with Crippen LogP contribution in [0.3, 0.4) is 0 Å². The van der Waals surface area contributed by atoms with Crippen LogP contribution in [0.5, 0.6) is 5.75 Å². The highest BCUT2D eigenvalue weighted by molar-refractivity contribution is 7.99. The van der Waals surface area contributed by atoms with Crippen molar-refractivity contribution in [3.05, 3.63) is 30.1 Å². The van der Waals surface area contributed by atoms with Crippen molar-refractivity contribution in [2.45, 2.75) is 31.6 Å². The maximum absolute atomic E-state index is 10.7. The van der Waals surface area contributed by atoms with E-state index in [2.05, 4.69) is 15.5 Å². The number of para-hydroxylation sites is 2. The molecule has 2 rings (SSSR count). The van der Waals surface area contributed by atoms with E-state index in [9.17, 15) is 4.79 Å². The smallest absolute Gasteiger partial charge is 0.313 e. The highest BCUT2D eigenvalue weighted by Gasteiger charge is 2.18. The molecule has 0 aliphatic rings. The topological polar surface area (TPSA) is 89.3 Å². The van der Waals surface area contributed by atoms with Crippen molar-refractivity contribution in [2.24, 2.45) is 0 Å². The molecule has 0 spiro atoms. The van der Waals surface area contributed by atoms with Gasteiger partial charge in [-0.2, -0.15) is 0 Å². The summed E-state index contributed by atoms with van der Waals surface area (Å²) in [5.41, 5.74) is 0.868. The lowest BCUT2D eigenvalue weighted by molar-refractivity contribution is -0.133. The van der Waals surface area contributed by atoms with Gasteiger partial charge in [0.2, 0.25) is 0 Å². The largest absolute Gasteiger partial charge is 0.495 e. The first kappa shape index (κ1) is 17.1. The number of carboxylic acids is 1. The first-order valence-electron chi connectivity index (χ1n) is 7.24. The van der Waals surface area contributed by atoms with E-state index in [0.29, 0.717) is 11.7 Å². The van der Waals surface area contributed by atoms with Crippen molar-refractivity contribution in [2.75, 3.05) is 18.2 Å². The molecule has 8 heteroatoms. The Balaban J connectivity index is 2.18. The Morgan fingerprint density at radius 1 is 1.43 bits per heavy atom. The number of ether oxygens (including phenoxy) is 1. The zero-order valence-electron chi connectivity index (χ0n) is 13.3. The van der Waals surface area contributed by atoms with Crippen LogP contribution in [-0.2, 0) is 11.3 Å². The van der Waals surface area contributed by atoms with Gasteiger partial charge >= 0.3 is 5.97 Å². The molecule has 1 unspecified atom stereocenters. The molecule has 1 heterocycles. The third kappa shape index (κ3) is 4.16. The molecule has 1 atom stereocenters. The summed E-state index contributed by atoms with van der Waals surface area (Å²) >= 11 is 1.17. The highest BCUT2D eigenvalue weighted by Crippen LogP contribution is 2.28. The number of rotatable bonds is 8. The summed E-state index contributed by atoms with van der Waals surface area (Å²) in [5, 5.41) is 21.1. The molecule has 23 heavy (non-hydrogen) atoms. The molecule has 0 saturated heterocycles. The van der Waals surface area contributed by atoms with E-state index in [-0.39, 0.29) is 11.8 Å². The average molecular weight is 336 g/mol. The SMILES string of the molecule is CCn1c(SCC(=O)O)nnc1C(C)Nc1ccccc1OC. The summed E-state index contributed by atoms with van der Waals surface area (Å²) in [6.45, 7) is 4.63. The molecule has 0 fully saturated rings. The van der Waals surface area contributed by atoms with E-state index in [1.54, 1.807) is 7.11 Å². The number of anilines is 1. The number of benzene rings is 1. The number of hydrogen-bond donors (Lipinski definition) is 2. The van der Waals surface area contributed by atoms with Gasteiger partial charge in [-0.25, -0.2) is 0 Å². The van der Waals surface area contributed by atoms with E-state index < -0.39 is 5.97 Å². The van der Waals surface area contributed by atoms with Crippen LogP contribution in [0.1, 0.15) is 25.7 Å². The van der Waals surface area contributed by atoms with Crippen molar-refractivity contribution < 1.29 is 14.6 Å². The summed E-state index contributed by atoms with van der Waals surface area (Å²) in [7, 11) is 1.63. The summed E-state index contributed by atoms with van der Waals surface area (Å²) in [4.78, 5) is 10.7. The number of thioether (sulfide) groups is 1. The molecule has 0 aliphatic carbocycles. The van der Waals surface area contributed by atoms with Crippen LogP contribution >= 0.6 is 11.8 Å². The van der Waals surface area contributed by atoms with Crippen LogP contribution in [0.4, 0.5) is 5.69 Å². The van der Waals surface area contributed by atoms with Crippen LogP contribution < -0.4 is 10.1 Å². The Kier molecular flexibility index (Phi) is 5.86. The number of aliphatic carboxylic acids is 1. The zero-order chi connectivity index (χ0) is 16.8. The summed E-state index contributed by atoms with van der Waals surface area (Å²) in [6.07, 6.45) is 0. The molecule has 0 bridgehead atoms. The van der Waals surface area contributed by atoms with Crippen LogP contribution in [0.2, 0.25) is 0 Å². The van der Waals surface area contributed by atoms with Gasteiger partial charge < -0.3 is 19.7 Å². The lowest BCUT2D eigenvalue weighted by Gasteiger charge is -2.17. The molecule has 0 radical (unpaired) electrons. The second-order valence-electron chi connectivity index (χ2n) is 4.83. The van der Waals surface area contributed by atoms with Crippen molar-refractivity contribution in [1.29, 1.82) is 0 Å². The van der Waals surface area contributed by atoms with Crippen molar-refractivity contribution in [3.8, 4) is 5.75 Å². The number of nitrogens with zero attached hydrogens (tertiary/aromatic N) is 3. The normalized spacial score (nSPS) is 12.0. The Hall–Kier alpha value is -2.22. The minimum Gasteiger partial charge on any atom is -0.495 e. The van der Waals surface area contributed by atoms with Crippen LogP contribution in [0.15, 0.2) is 29.4 Å². The molecule has 2 N–H and O–H groups in total. The van der Waals surface area contributed by atoms with Gasteiger partial charge in [-0.3, -0.25) is 4.79 Å². The zero-order valence-corrected chi connectivity index (χ0v) is 14.1. The van der Waals surface area contributed by atoms with Gasteiger partial charge in [-0.05, 0) is 26.0 Å². The van der Waals surface area contributed by atoms with Crippen molar-refractivity contribution in [1.82, 2.24) is 14.8 Å². The Bertz CT molecular complexity index is 674. The molecule has 124 valence electrons. The predicted molar refractivity (Wildman–Crippen MR) is 89.1 cm³/mol. The second-order valence-corrected chi connectivity index (χ2v) is 5.78. The highest BCUT2D eigenvalue weighted by atomic mass is 32.2. The van der Waals surface area contributed by atoms with Crippen LogP contribution in [0, 0.1) is 0 Å². The summed E-state index contributed by atoms with van der Waals surface area (Å²) in [5.74, 6) is 0.600. The number of carboxylic acid groups (broad SMARTS) is 1. The molecular weight excluding hydrogens is 316 g/mol. The third-order valence-electron chi connectivity index (χ3n) is 3.25. The number of nitrogens with one attached hydrogen (secondary N) is 1. The average Bonchev–Trinajstić information content (AvgIpc) is 2.96. The van der Waals surface area contributed by atoms with E-state index in [0.717, 1.165) is 17.3 Å². The molecule has 7 nitrogen and oxygen atoms in total. The lowest BCUT2D eigenvalue weighted by atomic mass is 10.2. The number of aromatic nitrogens is 3. The van der Waals surface area contributed by atoms with Crippen molar-refractivity contribution in [3.63, 3.8) is 0 Å². The van der Waals surface area contributed by atoms with Gasteiger partial charge in [-0.1, -0.05) is 23.9 Å². The van der Waals surface area contributed by atoms with E-state index in [4.69, 9.17) is 9.84 Å². The minimum absolute atomic E-state index is 0.0353. The fraction of sp³-hybridized carbons (Fsp3) is 0.400. The molecular formula is C15H20N4O3S. The monoisotopic (exact) mass is 336 g/mol. The molecule has 0 amide bonds. The summed E-state index contributed by atoms with van der Waals surface area (Å²) in [6, 6.07) is 7.55. The Morgan fingerprint density at radius 3 is 2.83 bits per heavy atom. The lowest BCUT2D eigenvalue weighted by Crippen LogP contribution is -2.14. The van der Waals surface area contributed by atoms with Crippen molar-refractivity contribution >= 4 is 23.4 Å². The first-order valence-corrected chi connectivity index (χ1v) is 8.22. The van der Waals surface area contributed by atoms with Crippen LogP contribution in [-0.4, -0.2) is 38.7 Å². The summed E-state index contributed by atoms with van der Waals surface area (Å²) < 4.78 is 7.25. The second kappa shape index (κ2) is 7.87. The molecule has 2 aromatic rings. The predicted octanol–water partition coefficient (Wildman–Crippen LogP) is 2.66. The standard InChI is InChI=1S/C15H20N4O3S/c1-4-19-14(17-18-15(19)23-9-13(20)21)10(2)16-11-7-5-6-8-12(11)22-3/h5-8,10,16H,4,9H2,1-3H3,(H,20,21). The molecule has 0 saturated carbocycles. The maximum Gasteiger partial charge on any atom is 0.313 e. The number of hydrogen-bond acceptors (Lipinski definition) is 6. The van der Waals surface area contributed by atoms with Gasteiger partial charge in [0.1, 0.15) is 5.75 Å². The minimum atomic E-state index is -0.873. The maximum atomic E-state index is 10.7. The van der Waals surface area contributed by atoms with Gasteiger partial charge in [0.05, 0.1) is 24.6 Å². The molecule has 0 aliphatic heterocycles. The Morgan fingerprint density at radius 2 is 2.17 bits per heavy atom. The van der Waals surface area contributed by atoms with E-state index >= 15 is 0 Å². The van der Waals surface area contributed by atoms with E-state index in [1.807, 2.05) is 42.7 Å². The fourth-order valence-electron chi connectivity index (χ4n) is 2.21. The molecule has 1 aromatic carbocycles. The first-order chi connectivity index (χ1) is 11.1.